The Morgan fingerprint density at radius 1 is 1.47 bits per heavy atom. The molecule has 1 aliphatic heterocycles. The van der Waals surface area contributed by atoms with Gasteiger partial charge in [0.1, 0.15) is 11.5 Å². The molecule has 88 valence electrons. The SMILES string of the molecule is CC#CCCC(=O)C1COc2ccccc2C1. The van der Waals surface area contributed by atoms with Crippen LogP contribution >= 0.6 is 0 Å². The van der Waals surface area contributed by atoms with E-state index < -0.39 is 0 Å². The molecular formula is C15H16O2. The lowest BCUT2D eigenvalue weighted by Gasteiger charge is -2.24. The van der Waals surface area contributed by atoms with Crippen LogP contribution in [0, 0.1) is 17.8 Å². The molecule has 1 aliphatic rings. The molecule has 0 saturated carbocycles. The van der Waals surface area contributed by atoms with Crippen LogP contribution in [0.1, 0.15) is 25.3 Å². The van der Waals surface area contributed by atoms with Crippen molar-refractivity contribution in [1.29, 1.82) is 0 Å². The number of para-hydroxylation sites is 1. The summed E-state index contributed by atoms with van der Waals surface area (Å²) in [5, 5.41) is 0. The van der Waals surface area contributed by atoms with Gasteiger partial charge in [-0.15, -0.1) is 11.8 Å². The lowest BCUT2D eigenvalue weighted by molar-refractivity contribution is -0.124. The van der Waals surface area contributed by atoms with E-state index >= 15 is 0 Å². The number of benzene rings is 1. The monoisotopic (exact) mass is 228 g/mol. The van der Waals surface area contributed by atoms with Gasteiger partial charge in [-0.1, -0.05) is 18.2 Å². The number of carbonyl (C=O) groups is 1. The highest BCUT2D eigenvalue weighted by atomic mass is 16.5. The molecule has 0 aromatic heterocycles. The van der Waals surface area contributed by atoms with E-state index in [1.54, 1.807) is 6.92 Å². The van der Waals surface area contributed by atoms with Crippen molar-refractivity contribution in [2.45, 2.75) is 26.2 Å². The molecule has 0 aliphatic carbocycles. The van der Waals surface area contributed by atoms with Gasteiger partial charge in [0.25, 0.3) is 0 Å². The van der Waals surface area contributed by atoms with E-state index in [2.05, 4.69) is 11.8 Å². The van der Waals surface area contributed by atoms with Crippen molar-refractivity contribution in [3.05, 3.63) is 29.8 Å². The lowest BCUT2D eigenvalue weighted by atomic mass is 9.91. The zero-order chi connectivity index (χ0) is 12.1. The summed E-state index contributed by atoms with van der Waals surface area (Å²) in [6, 6.07) is 7.93. The van der Waals surface area contributed by atoms with Crippen LogP contribution in [0.25, 0.3) is 0 Å². The molecule has 0 saturated heterocycles. The van der Waals surface area contributed by atoms with Gasteiger partial charge in [0.2, 0.25) is 0 Å². The summed E-state index contributed by atoms with van der Waals surface area (Å²) in [4.78, 5) is 11.9. The van der Waals surface area contributed by atoms with E-state index in [0.29, 0.717) is 19.4 Å². The van der Waals surface area contributed by atoms with Crippen LogP contribution in [0.5, 0.6) is 5.75 Å². The molecule has 0 radical (unpaired) electrons. The first-order valence-electron chi connectivity index (χ1n) is 5.94. The first kappa shape index (κ1) is 11.7. The molecule has 0 amide bonds. The molecule has 1 aromatic carbocycles. The summed E-state index contributed by atoms with van der Waals surface area (Å²) in [7, 11) is 0. The van der Waals surface area contributed by atoms with Crippen LogP contribution < -0.4 is 4.74 Å². The van der Waals surface area contributed by atoms with Crippen LogP contribution in [0.2, 0.25) is 0 Å². The van der Waals surface area contributed by atoms with Gasteiger partial charge in [0.15, 0.2) is 0 Å². The van der Waals surface area contributed by atoms with Crippen molar-refractivity contribution < 1.29 is 9.53 Å². The van der Waals surface area contributed by atoms with Crippen molar-refractivity contribution in [3.8, 4) is 17.6 Å². The van der Waals surface area contributed by atoms with Crippen molar-refractivity contribution >= 4 is 5.78 Å². The van der Waals surface area contributed by atoms with Gasteiger partial charge >= 0.3 is 0 Å². The Morgan fingerprint density at radius 3 is 3.12 bits per heavy atom. The van der Waals surface area contributed by atoms with Gasteiger partial charge in [0, 0.05) is 12.8 Å². The van der Waals surface area contributed by atoms with Crippen LogP contribution in [0.3, 0.4) is 0 Å². The summed E-state index contributed by atoms with van der Waals surface area (Å²) >= 11 is 0. The van der Waals surface area contributed by atoms with E-state index in [0.717, 1.165) is 17.7 Å². The topological polar surface area (TPSA) is 26.3 Å². The second-order valence-electron chi connectivity index (χ2n) is 4.21. The van der Waals surface area contributed by atoms with Gasteiger partial charge in [0.05, 0.1) is 12.5 Å². The molecule has 2 rings (SSSR count). The van der Waals surface area contributed by atoms with Gasteiger partial charge in [-0.3, -0.25) is 4.79 Å². The largest absolute Gasteiger partial charge is 0.493 e. The second-order valence-corrected chi connectivity index (χ2v) is 4.21. The highest BCUT2D eigenvalue weighted by Gasteiger charge is 2.24. The highest BCUT2D eigenvalue weighted by Crippen LogP contribution is 2.27. The van der Waals surface area contributed by atoms with Crippen LogP contribution in [0.15, 0.2) is 24.3 Å². The Kier molecular flexibility index (Phi) is 3.82. The molecule has 0 N–H and O–H groups in total. The standard InChI is InChI=1S/C15H16O2/c1-2-3-4-8-14(16)13-10-12-7-5-6-9-15(12)17-11-13/h5-7,9,13H,4,8,10-11H2,1H3. The first-order chi connectivity index (χ1) is 8.31. The van der Waals surface area contributed by atoms with E-state index in [9.17, 15) is 4.79 Å². The Bertz CT molecular complexity index is 465. The van der Waals surface area contributed by atoms with Gasteiger partial charge in [-0.05, 0) is 25.0 Å². The van der Waals surface area contributed by atoms with E-state index in [4.69, 9.17) is 4.74 Å². The molecule has 1 aromatic rings. The molecule has 1 heterocycles. The summed E-state index contributed by atoms with van der Waals surface area (Å²) in [5.41, 5.74) is 1.14. The predicted molar refractivity (Wildman–Crippen MR) is 66.8 cm³/mol. The quantitative estimate of drug-likeness (QED) is 0.743. The fraction of sp³-hybridized carbons (Fsp3) is 0.400. The number of hydrogen-bond donors (Lipinski definition) is 0. The van der Waals surface area contributed by atoms with Crippen LogP contribution in [-0.2, 0) is 11.2 Å². The third-order valence-corrected chi connectivity index (χ3v) is 3.01. The maximum atomic E-state index is 11.9. The molecule has 0 bridgehead atoms. The average molecular weight is 228 g/mol. The Hall–Kier alpha value is -1.75. The molecule has 0 spiro atoms. The van der Waals surface area contributed by atoms with Gasteiger partial charge < -0.3 is 4.74 Å². The summed E-state index contributed by atoms with van der Waals surface area (Å²) in [6.07, 6.45) is 2.00. The third-order valence-electron chi connectivity index (χ3n) is 3.01. The van der Waals surface area contributed by atoms with Crippen molar-refractivity contribution in [2.24, 2.45) is 5.92 Å². The number of Topliss-reactive ketones (excluding diaryl/α,β-unsaturated/α-hetero) is 1. The zero-order valence-electron chi connectivity index (χ0n) is 10.0. The molecular weight excluding hydrogens is 212 g/mol. The number of hydrogen-bond acceptors (Lipinski definition) is 2. The Morgan fingerprint density at radius 2 is 2.29 bits per heavy atom. The minimum atomic E-state index is 0.00329. The second kappa shape index (κ2) is 5.54. The Labute approximate surface area is 102 Å². The number of carbonyl (C=O) groups excluding carboxylic acids is 1. The molecule has 2 heteroatoms. The fourth-order valence-electron chi connectivity index (χ4n) is 2.05. The molecule has 1 atom stereocenters. The molecule has 0 fully saturated rings. The summed E-state index contributed by atoms with van der Waals surface area (Å²) < 4.78 is 5.61. The predicted octanol–water partition coefficient (Wildman–Crippen LogP) is 2.61. The number of rotatable bonds is 3. The summed E-state index contributed by atoms with van der Waals surface area (Å²) in [6.45, 7) is 2.31. The third kappa shape index (κ3) is 2.88. The lowest BCUT2D eigenvalue weighted by Crippen LogP contribution is -2.28. The molecule has 17 heavy (non-hydrogen) atoms. The first-order valence-corrected chi connectivity index (χ1v) is 5.94. The maximum absolute atomic E-state index is 11.9. The van der Waals surface area contributed by atoms with E-state index in [1.165, 1.54) is 0 Å². The molecule has 2 nitrogen and oxygen atoms in total. The van der Waals surface area contributed by atoms with Gasteiger partial charge in [-0.2, -0.15) is 0 Å². The smallest absolute Gasteiger partial charge is 0.140 e. The fourth-order valence-corrected chi connectivity index (χ4v) is 2.05. The Balaban J connectivity index is 1.97. The molecule has 1 unspecified atom stereocenters. The van der Waals surface area contributed by atoms with Crippen molar-refractivity contribution in [3.63, 3.8) is 0 Å². The summed E-state index contributed by atoms with van der Waals surface area (Å²) in [5.74, 6) is 6.92. The number of ketones is 1. The zero-order valence-corrected chi connectivity index (χ0v) is 10.0. The van der Waals surface area contributed by atoms with Gasteiger partial charge in [-0.25, -0.2) is 0 Å². The number of ether oxygens (including phenoxy) is 1. The number of fused-ring (bicyclic) bond motifs is 1. The average Bonchev–Trinajstić information content (AvgIpc) is 2.38. The van der Waals surface area contributed by atoms with Crippen LogP contribution in [-0.4, -0.2) is 12.4 Å². The normalized spacial score (nSPS) is 17.4. The minimum absolute atomic E-state index is 0.00329. The van der Waals surface area contributed by atoms with E-state index in [-0.39, 0.29) is 11.7 Å². The van der Waals surface area contributed by atoms with E-state index in [1.807, 2.05) is 24.3 Å². The van der Waals surface area contributed by atoms with Crippen molar-refractivity contribution in [2.75, 3.05) is 6.61 Å². The minimum Gasteiger partial charge on any atom is -0.493 e. The van der Waals surface area contributed by atoms with Crippen LogP contribution in [0.4, 0.5) is 0 Å². The van der Waals surface area contributed by atoms with Crippen molar-refractivity contribution in [1.82, 2.24) is 0 Å². The highest BCUT2D eigenvalue weighted by molar-refractivity contribution is 5.82. The maximum Gasteiger partial charge on any atom is 0.140 e.